The second-order valence-electron chi connectivity index (χ2n) is 6.49. The van der Waals surface area contributed by atoms with E-state index in [2.05, 4.69) is 5.10 Å². The average molecular weight is 338 g/mol. The summed E-state index contributed by atoms with van der Waals surface area (Å²) in [6, 6.07) is 10.1. The number of nitrogens with zero attached hydrogens (tertiary/aromatic N) is 4. The van der Waals surface area contributed by atoms with Crippen molar-refractivity contribution in [2.75, 3.05) is 13.1 Å². The molecule has 4 rings (SSSR count). The first-order chi connectivity index (χ1) is 12.1. The van der Waals surface area contributed by atoms with Gasteiger partial charge in [0.1, 0.15) is 5.82 Å². The van der Waals surface area contributed by atoms with E-state index in [1.165, 1.54) is 6.07 Å². The maximum absolute atomic E-state index is 13.8. The van der Waals surface area contributed by atoms with Crippen LogP contribution in [0, 0.1) is 12.7 Å². The Morgan fingerprint density at radius 2 is 1.96 bits per heavy atom. The number of fused-ring (bicyclic) bond motifs is 1. The Kier molecular flexibility index (Phi) is 3.95. The summed E-state index contributed by atoms with van der Waals surface area (Å²) in [7, 11) is 0. The van der Waals surface area contributed by atoms with Crippen LogP contribution in [0.2, 0.25) is 0 Å². The summed E-state index contributed by atoms with van der Waals surface area (Å²) in [6.45, 7) is 3.17. The molecule has 0 spiro atoms. The van der Waals surface area contributed by atoms with Gasteiger partial charge in [0.25, 0.3) is 5.91 Å². The number of hydrogen-bond acceptors (Lipinski definition) is 3. The number of carbonyl (C=O) groups is 1. The summed E-state index contributed by atoms with van der Waals surface area (Å²) in [5, 5.41) is 4.34. The topological polar surface area (TPSA) is 50.5 Å². The Labute approximate surface area is 145 Å². The fourth-order valence-electron chi connectivity index (χ4n) is 3.42. The predicted octanol–water partition coefficient (Wildman–Crippen LogP) is 3.20. The molecule has 1 aliphatic heterocycles. The minimum absolute atomic E-state index is 0.148. The molecule has 1 aliphatic rings. The van der Waals surface area contributed by atoms with Gasteiger partial charge in [0.05, 0.1) is 11.3 Å². The lowest BCUT2D eigenvalue weighted by Crippen LogP contribution is -2.38. The SMILES string of the molecule is Cc1cc2nc(C3CCN(C(=O)c4ccccc4F)CC3)ccn2n1. The van der Waals surface area contributed by atoms with Gasteiger partial charge in [0.2, 0.25) is 0 Å². The molecule has 1 saturated heterocycles. The van der Waals surface area contributed by atoms with Crippen molar-refractivity contribution >= 4 is 11.6 Å². The van der Waals surface area contributed by atoms with Crippen LogP contribution in [0.5, 0.6) is 0 Å². The smallest absolute Gasteiger partial charge is 0.256 e. The largest absolute Gasteiger partial charge is 0.339 e. The number of carbonyl (C=O) groups excluding carboxylic acids is 1. The van der Waals surface area contributed by atoms with Crippen molar-refractivity contribution in [1.82, 2.24) is 19.5 Å². The molecular weight excluding hydrogens is 319 g/mol. The number of rotatable bonds is 2. The highest BCUT2D eigenvalue weighted by molar-refractivity contribution is 5.94. The normalized spacial score (nSPS) is 15.7. The fourth-order valence-corrected chi connectivity index (χ4v) is 3.42. The lowest BCUT2D eigenvalue weighted by Gasteiger charge is -2.31. The number of benzene rings is 1. The van der Waals surface area contributed by atoms with Gasteiger partial charge in [-0.3, -0.25) is 4.79 Å². The van der Waals surface area contributed by atoms with Gasteiger partial charge in [-0.2, -0.15) is 5.10 Å². The van der Waals surface area contributed by atoms with E-state index in [1.807, 2.05) is 25.3 Å². The van der Waals surface area contributed by atoms with Gasteiger partial charge in [-0.05, 0) is 38.0 Å². The summed E-state index contributed by atoms with van der Waals surface area (Å²) >= 11 is 0. The van der Waals surface area contributed by atoms with Gasteiger partial charge in [0.15, 0.2) is 5.65 Å². The molecule has 0 atom stereocenters. The first-order valence-corrected chi connectivity index (χ1v) is 8.48. The number of aromatic nitrogens is 3. The van der Waals surface area contributed by atoms with Crippen molar-refractivity contribution in [2.45, 2.75) is 25.7 Å². The minimum atomic E-state index is -0.460. The Morgan fingerprint density at radius 3 is 2.72 bits per heavy atom. The van der Waals surface area contributed by atoms with Crippen LogP contribution >= 0.6 is 0 Å². The molecular formula is C19H19FN4O. The first kappa shape index (κ1) is 15.7. The van der Waals surface area contributed by atoms with Crippen LogP contribution in [0.4, 0.5) is 4.39 Å². The molecule has 0 bridgehead atoms. The monoisotopic (exact) mass is 338 g/mol. The summed E-state index contributed by atoms with van der Waals surface area (Å²) in [5.41, 5.74) is 2.97. The Balaban J connectivity index is 1.47. The molecule has 128 valence electrons. The van der Waals surface area contributed by atoms with Gasteiger partial charge in [-0.25, -0.2) is 13.9 Å². The molecule has 6 heteroatoms. The van der Waals surface area contributed by atoms with Gasteiger partial charge < -0.3 is 4.90 Å². The summed E-state index contributed by atoms with van der Waals surface area (Å²) in [6.07, 6.45) is 3.59. The zero-order valence-electron chi connectivity index (χ0n) is 14.0. The van der Waals surface area contributed by atoms with E-state index in [0.29, 0.717) is 19.0 Å². The van der Waals surface area contributed by atoms with Crippen LogP contribution in [0.1, 0.15) is 40.5 Å². The zero-order valence-corrected chi connectivity index (χ0v) is 14.0. The second kappa shape index (κ2) is 6.27. The fraction of sp³-hybridized carbons (Fsp3) is 0.316. The van der Waals surface area contributed by atoms with E-state index in [9.17, 15) is 9.18 Å². The van der Waals surface area contributed by atoms with Crippen LogP contribution in [0.25, 0.3) is 5.65 Å². The number of piperidine rings is 1. The van der Waals surface area contributed by atoms with Crippen molar-refractivity contribution in [3.05, 3.63) is 65.4 Å². The molecule has 1 amide bonds. The Morgan fingerprint density at radius 1 is 1.20 bits per heavy atom. The van der Waals surface area contributed by atoms with Crippen LogP contribution in [-0.4, -0.2) is 38.5 Å². The lowest BCUT2D eigenvalue weighted by molar-refractivity contribution is 0.0707. The highest BCUT2D eigenvalue weighted by Crippen LogP contribution is 2.28. The maximum Gasteiger partial charge on any atom is 0.256 e. The van der Waals surface area contributed by atoms with Crippen molar-refractivity contribution in [1.29, 1.82) is 0 Å². The third kappa shape index (κ3) is 2.99. The quantitative estimate of drug-likeness (QED) is 0.721. The van der Waals surface area contributed by atoms with Crippen molar-refractivity contribution in [3.63, 3.8) is 0 Å². The van der Waals surface area contributed by atoms with E-state index in [1.54, 1.807) is 27.6 Å². The standard InChI is InChI=1S/C19H19FN4O/c1-13-12-18-21-17(8-11-24(18)22-13)14-6-9-23(10-7-14)19(25)15-4-2-3-5-16(15)20/h2-5,8,11-12,14H,6-7,9-10H2,1H3. The molecule has 0 unspecified atom stereocenters. The molecule has 25 heavy (non-hydrogen) atoms. The van der Waals surface area contributed by atoms with Gasteiger partial charge in [-0.1, -0.05) is 12.1 Å². The van der Waals surface area contributed by atoms with Crippen LogP contribution in [0.3, 0.4) is 0 Å². The van der Waals surface area contributed by atoms with Crippen molar-refractivity contribution in [2.24, 2.45) is 0 Å². The zero-order chi connectivity index (χ0) is 17.4. The average Bonchev–Trinajstić information content (AvgIpc) is 3.01. The molecule has 1 fully saturated rings. The maximum atomic E-state index is 13.8. The van der Waals surface area contributed by atoms with E-state index >= 15 is 0 Å². The number of aryl methyl sites for hydroxylation is 1. The number of hydrogen-bond donors (Lipinski definition) is 0. The molecule has 3 heterocycles. The molecule has 3 aromatic rings. The van der Waals surface area contributed by atoms with Gasteiger partial charge >= 0.3 is 0 Å². The van der Waals surface area contributed by atoms with Crippen molar-refractivity contribution < 1.29 is 9.18 Å². The first-order valence-electron chi connectivity index (χ1n) is 8.48. The third-order valence-corrected chi connectivity index (χ3v) is 4.77. The highest BCUT2D eigenvalue weighted by Gasteiger charge is 2.26. The van der Waals surface area contributed by atoms with E-state index in [4.69, 9.17) is 4.98 Å². The summed E-state index contributed by atoms with van der Waals surface area (Å²) in [5.74, 6) is -0.380. The Bertz CT molecular complexity index is 928. The predicted molar refractivity (Wildman–Crippen MR) is 92.0 cm³/mol. The molecule has 0 N–H and O–H groups in total. The van der Waals surface area contributed by atoms with E-state index < -0.39 is 5.82 Å². The number of halogens is 1. The number of amides is 1. The number of likely N-dealkylation sites (tertiary alicyclic amines) is 1. The highest BCUT2D eigenvalue weighted by atomic mass is 19.1. The van der Waals surface area contributed by atoms with Crippen molar-refractivity contribution in [3.8, 4) is 0 Å². The third-order valence-electron chi connectivity index (χ3n) is 4.77. The van der Waals surface area contributed by atoms with Gasteiger partial charge in [-0.15, -0.1) is 0 Å². The summed E-state index contributed by atoms with van der Waals surface area (Å²) < 4.78 is 15.6. The van der Waals surface area contributed by atoms with E-state index in [-0.39, 0.29) is 11.5 Å². The van der Waals surface area contributed by atoms with Gasteiger partial charge in [0, 0.05) is 37.0 Å². The lowest BCUT2D eigenvalue weighted by atomic mass is 9.93. The molecule has 0 aliphatic carbocycles. The van der Waals surface area contributed by atoms with Crippen LogP contribution in [0.15, 0.2) is 42.6 Å². The Hall–Kier alpha value is -2.76. The molecule has 0 saturated carbocycles. The molecule has 0 radical (unpaired) electrons. The second-order valence-corrected chi connectivity index (χ2v) is 6.49. The summed E-state index contributed by atoms with van der Waals surface area (Å²) in [4.78, 5) is 18.9. The molecule has 2 aromatic heterocycles. The van der Waals surface area contributed by atoms with E-state index in [0.717, 1.165) is 29.9 Å². The molecule has 5 nitrogen and oxygen atoms in total. The van der Waals surface area contributed by atoms with Crippen LogP contribution < -0.4 is 0 Å². The molecule has 1 aromatic carbocycles. The minimum Gasteiger partial charge on any atom is -0.339 e. The van der Waals surface area contributed by atoms with Crippen LogP contribution in [-0.2, 0) is 0 Å².